The van der Waals surface area contributed by atoms with Gasteiger partial charge in [-0.15, -0.1) is 0 Å². The number of sulfonamides is 1. The summed E-state index contributed by atoms with van der Waals surface area (Å²) >= 11 is 1.64. The molecule has 1 fully saturated rings. The molecule has 2 aromatic rings. The van der Waals surface area contributed by atoms with E-state index in [9.17, 15) is 12.8 Å². The first-order valence-electron chi connectivity index (χ1n) is 9.01. The standard InChI is InChI=1S/C19H25FN2O2S2/c20-18-7-5-16(6-8-18)15-26(23,24)21-13-19(17-9-12-25-14-17)22-10-3-1-2-4-11-22/h5-9,12,14,19,21H,1-4,10-11,13,15H2/t19-/m0/s1. The number of rotatable bonds is 7. The molecule has 0 radical (unpaired) electrons. The summed E-state index contributed by atoms with van der Waals surface area (Å²) in [5.41, 5.74) is 1.75. The van der Waals surface area contributed by atoms with Crippen molar-refractivity contribution in [2.75, 3.05) is 19.6 Å². The van der Waals surface area contributed by atoms with Gasteiger partial charge in [-0.25, -0.2) is 17.5 Å². The summed E-state index contributed by atoms with van der Waals surface area (Å²) in [6.07, 6.45) is 4.79. The molecule has 2 heterocycles. The average Bonchev–Trinajstić information content (AvgIpc) is 3.00. The summed E-state index contributed by atoms with van der Waals surface area (Å²) < 4.78 is 40.7. The first kappa shape index (κ1) is 19.5. The summed E-state index contributed by atoms with van der Waals surface area (Å²) in [5, 5.41) is 4.14. The van der Waals surface area contributed by atoms with Gasteiger partial charge in [-0.05, 0) is 66.0 Å². The Morgan fingerprint density at radius 2 is 1.77 bits per heavy atom. The quantitative estimate of drug-likeness (QED) is 0.772. The molecule has 1 aromatic carbocycles. The number of hydrogen-bond acceptors (Lipinski definition) is 4. The molecular weight excluding hydrogens is 371 g/mol. The van der Waals surface area contributed by atoms with Crippen LogP contribution in [0, 0.1) is 5.82 Å². The Hall–Kier alpha value is -1.28. The molecule has 1 N–H and O–H groups in total. The third-order valence-corrected chi connectivity index (χ3v) is 6.80. The molecule has 3 rings (SSSR count). The van der Waals surface area contributed by atoms with Crippen molar-refractivity contribution in [3.05, 3.63) is 58.0 Å². The topological polar surface area (TPSA) is 49.4 Å². The number of thiophene rings is 1. The number of hydrogen-bond donors (Lipinski definition) is 1. The van der Waals surface area contributed by atoms with Crippen LogP contribution in [0.4, 0.5) is 4.39 Å². The molecule has 7 heteroatoms. The van der Waals surface area contributed by atoms with Crippen LogP contribution >= 0.6 is 11.3 Å². The van der Waals surface area contributed by atoms with Crippen LogP contribution in [-0.2, 0) is 15.8 Å². The van der Waals surface area contributed by atoms with E-state index in [2.05, 4.69) is 21.1 Å². The Bertz CT molecular complexity index is 768. The van der Waals surface area contributed by atoms with Gasteiger partial charge >= 0.3 is 0 Å². The fourth-order valence-corrected chi connectivity index (χ4v) is 5.24. The Morgan fingerprint density at radius 1 is 1.08 bits per heavy atom. The van der Waals surface area contributed by atoms with E-state index < -0.39 is 10.0 Å². The Kier molecular flexibility index (Phi) is 6.80. The van der Waals surface area contributed by atoms with Crippen molar-refractivity contribution >= 4 is 21.4 Å². The number of halogens is 1. The zero-order chi connectivity index (χ0) is 18.4. The Balaban J connectivity index is 1.67. The minimum Gasteiger partial charge on any atom is -0.295 e. The number of nitrogens with zero attached hydrogens (tertiary/aromatic N) is 1. The molecule has 1 aromatic heterocycles. The smallest absolute Gasteiger partial charge is 0.215 e. The second-order valence-electron chi connectivity index (χ2n) is 6.76. The van der Waals surface area contributed by atoms with E-state index in [1.54, 1.807) is 11.3 Å². The summed E-state index contributed by atoms with van der Waals surface area (Å²) in [5.74, 6) is -0.498. The molecule has 0 spiro atoms. The molecule has 142 valence electrons. The molecule has 0 saturated carbocycles. The van der Waals surface area contributed by atoms with Crippen molar-refractivity contribution in [3.63, 3.8) is 0 Å². The molecule has 1 aliphatic heterocycles. The van der Waals surface area contributed by atoms with E-state index in [1.807, 2.05) is 5.38 Å². The van der Waals surface area contributed by atoms with Gasteiger partial charge in [0.25, 0.3) is 0 Å². The molecule has 1 atom stereocenters. The van der Waals surface area contributed by atoms with Crippen molar-refractivity contribution < 1.29 is 12.8 Å². The van der Waals surface area contributed by atoms with Crippen LogP contribution in [-0.4, -0.2) is 33.0 Å². The molecule has 1 aliphatic rings. The van der Waals surface area contributed by atoms with Gasteiger partial charge in [0.2, 0.25) is 10.0 Å². The van der Waals surface area contributed by atoms with Crippen molar-refractivity contribution in [1.82, 2.24) is 9.62 Å². The van der Waals surface area contributed by atoms with Gasteiger partial charge in [0.1, 0.15) is 5.82 Å². The maximum absolute atomic E-state index is 13.0. The highest BCUT2D eigenvalue weighted by Crippen LogP contribution is 2.25. The lowest BCUT2D eigenvalue weighted by atomic mass is 10.1. The van der Waals surface area contributed by atoms with Crippen LogP contribution in [0.25, 0.3) is 0 Å². The highest BCUT2D eigenvalue weighted by atomic mass is 32.2. The molecule has 0 amide bonds. The molecule has 0 bridgehead atoms. The van der Waals surface area contributed by atoms with Crippen LogP contribution in [0.3, 0.4) is 0 Å². The maximum Gasteiger partial charge on any atom is 0.215 e. The minimum absolute atomic E-state index is 0.0577. The van der Waals surface area contributed by atoms with Crippen LogP contribution in [0.1, 0.15) is 42.9 Å². The molecule has 1 saturated heterocycles. The predicted molar refractivity (Wildman–Crippen MR) is 104 cm³/mol. The first-order chi connectivity index (χ1) is 12.5. The average molecular weight is 397 g/mol. The third kappa shape index (κ3) is 5.61. The second-order valence-corrected chi connectivity index (χ2v) is 9.34. The molecule has 0 aliphatic carbocycles. The predicted octanol–water partition coefficient (Wildman–Crippen LogP) is 3.92. The SMILES string of the molecule is O=S(=O)(Cc1ccc(F)cc1)NC[C@@H](c1ccsc1)N1CCCCCC1. The molecule has 26 heavy (non-hydrogen) atoms. The molecule has 4 nitrogen and oxygen atoms in total. The monoisotopic (exact) mass is 396 g/mol. The van der Waals surface area contributed by atoms with Crippen molar-refractivity contribution in [1.29, 1.82) is 0 Å². The van der Waals surface area contributed by atoms with E-state index in [0.29, 0.717) is 12.1 Å². The molecule has 0 unspecified atom stereocenters. The van der Waals surface area contributed by atoms with Crippen molar-refractivity contribution in [2.24, 2.45) is 0 Å². The van der Waals surface area contributed by atoms with Gasteiger partial charge in [0, 0.05) is 12.6 Å². The van der Waals surface area contributed by atoms with Gasteiger partial charge in [0.05, 0.1) is 5.75 Å². The zero-order valence-electron chi connectivity index (χ0n) is 14.7. The van der Waals surface area contributed by atoms with Crippen LogP contribution in [0.15, 0.2) is 41.1 Å². The van der Waals surface area contributed by atoms with Crippen molar-refractivity contribution in [2.45, 2.75) is 37.5 Å². The lowest BCUT2D eigenvalue weighted by molar-refractivity contribution is 0.206. The number of likely N-dealkylation sites (tertiary alicyclic amines) is 1. The lowest BCUT2D eigenvalue weighted by Gasteiger charge is -2.30. The fraction of sp³-hybridized carbons (Fsp3) is 0.474. The van der Waals surface area contributed by atoms with Gasteiger partial charge in [-0.3, -0.25) is 4.90 Å². The normalized spacial score (nSPS) is 17.7. The highest BCUT2D eigenvalue weighted by molar-refractivity contribution is 7.88. The largest absolute Gasteiger partial charge is 0.295 e. The van der Waals surface area contributed by atoms with E-state index in [-0.39, 0.29) is 17.6 Å². The number of nitrogens with one attached hydrogen (secondary N) is 1. The Morgan fingerprint density at radius 3 is 2.38 bits per heavy atom. The lowest BCUT2D eigenvalue weighted by Crippen LogP contribution is -2.38. The van der Waals surface area contributed by atoms with E-state index >= 15 is 0 Å². The highest BCUT2D eigenvalue weighted by Gasteiger charge is 2.24. The van der Waals surface area contributed by atoms with Crippen LogP contribution in [0.5, 0.6) is 0 Å². The van der Waals surface area contributed by atoms with Crippen LogP contribution < -0.4 is 4.72 Å². The third-order valence-electron chi connectivity index (χ3n) is 4.78. The Labute approximate surface area is 159 Å². The van der Waals surface area contributed by atoms with E-state index in [4.69, 9.17) is 0 Å². The zero-order valence-corrected chi connectivity index (χ0v) is 16.4. The summed E-state index contributed by atoms with van der Waals surface area (Å²) in [7, 11) is -3.48. The van der Waals surface area contributed by atoms with E-state index in [1.165, 1.54) is 42.7 Å². The maximum atomic E-state index is 13.0. The van der Waals surface area contributed by atoms with Crippen LogP contribution in [0.2, 0.25) is 0 Å². The number of benzene rings is 1. The fourth-order valence-electron chi connectivity index (χ4n) is 3.39. The molecular formula is C19H25FN2O2S2. The summed E-state index contributed by atoms with van der Waals surface area (Å²) in [6, 6.07) is 7.74. The first-order valence-corrected chi connectivity index (χ1v) is 11.6. The minimum atomic E-state index is -3.48. The summed E-state index contributed by atoms with van der Waals surface area (Å²) in [4.78, 5) is 2.40. The van der Waals surface area contributed by atoms with E-state index in [0.717, 1.165) is 25.9 Å². The van der Waals surface area contributed by atoms with Gasteiger partial charge < -0.3 is 0 Å². The van der Waals surface area contributed by atoms with Gasteiger partial charge in [0.15, 0.2) is 0 Å². The van der Waals surface area contributed by atoms with Crippen molar-refractivity contribution in [3.8, 4) is 0 Å². The summed E-state index contributed by atoms with van der Waals surface area (Å²) in [6.45, 7) is 2.36. The van der Waals surface area contributed by atoms with Gasteiger partial charge in [-0.1, -0.05) is 25.0 Å². The van der Waals surface area contributed by atoms with Gasteiger partial charge in [-0.2, -0.15) is 11.3 Å². The second kappa shape index (κ2) is 9.08.